The first-order valence-corrected chi connectivity index (χ1v) is 8.12. The van der Waals surface area contributed by atoms with Gasteiger partial charge in [-0.05, 0) is 18.6 Å². The highest BCUT2D eigenvalue weighted by atomic mass is 35.5. The van der Waals surface area contributed by atoms with Gasteiger partial charge in [-0.15, -0.1) is 0 Å². The molecule has 1 aliphatic heterocycles. The van der Waals surface area contributed by atoms with Crippen LogP contribution in [0.15, 0.2) is 12.1 Å². The third-order valence-electron chi connectivity index (χ3n) is 3.64. The summed E-state index contributed by atoms with van der Waals surface area (Å²) in [7, 11) is 1.51. The molecule has 0 spiro atoms. The number of hydrogen-bond acceptors (Lipinski definition) is 5. The molecule has 2 amide bonds. The molecule has 0 radical (unpaired) electrons. The molecular formula is C16H22ClN3O4. The minimum atomic E-state index is -0.360. The lowest BCUT2D eigenvalue weighted by Crippen LogP contribution is -2.51. The van der Waals surface area contributed by atoms with Gasteiger partial charge in [-0.3, -0.25) is 9.59 Å². The van der Waals surface area contributed by atoms with Gasteiger partial charge < -0.3 is 25.4 Å². The molecule has 3 N–H and O–H groups in total. The van der Waals surface area contributed by atoms with Crippen LogP contribution in [0.1, 0.15) is 12.0 Å². The summed E-state index contributed by atoms with van der Waals surface area (Å²) in [5.74, 6) is 0.108. The molecule has 1 atom stereocenters. The lowest BCUT2D eigenvalue weighted by Gasteiger charge is -2.22. The summed E-state index contributed by atoms with van der Waals surface area (Å²) in [5, 5.41) is 9.12. The third kappa shape index (κ3) is 5.09. The molecule has 132 valence electrons. The zero-order valence-corrected chi connectivity index (χ0v) is 14.5. The summed E-state index contributed by atoms with van der Waals surface area (Å²) < 4.78 is 10.4. The number of amides is 2. The van der Waals surface area contributed by atoms with Gasteiger partial charge in [0.1, 0.15) is 11.8 Å². The Bertz CT molecular complexity index is 603. The average molecular weight is 356 g/mol. The van der Waals surface area contributed by atoms with Crippen LogP contribution in [0, 0.1) is 6.92 Å². The number of anilines is 1. The number of benzene rings is 1. The minimum Gasteiger partial charge on any atom is -0.495 e. The van der Waals surface area contributed by atoms with E-state index < -0.39 is 0 Å². The van der Waals surface area contributed by atoms with Gasteiger partial charge in [-0.2, -0.15) is 0 Å². The maximum Gasteiger partial charge on any atom is 0.239 e. The van der Waals surface area contributed by atoms with Crippen LogP contribution in [0.5, 0.6) is 5.75 Å². The quantitative estimate of drug-likeness (QED) is 0.711. The average Bonchev–Trinajstić information content (AvgIpc) is 2.58. The van der Waals surface area contributed by atoms with Crippen LogP contribution in [-0.2, 0) is 14.3 Å². The fraction of sp³-hybridized carbons (Fsp3) is 0.500. The number of nitrogens with one attached hydrogen (secondary N) is 3. The van der Waals surface area contributed by atoms with Gasteiger partial charge in [0.2, 0.25) is 11.8 Å². The number of carbonyl (C=O) groups excluding carboxylic acids is 2. The number of hydrogen-bond donors (Lipinski definition) is 3. The van der Waals surface area contributed by atoms with E-state index in [-0.39, 0.29) is 30.8 Å². The summed E-state index contributed by atoms with van der Waals surface area (Å²) in [5.41, 5.74) is 1.39. The number of rotatable bonds is 6. The third-order valence-corrected chi connectivity index (χ3v) is 4.05. The van der Waals surface area contributed by atoms with Crippen molar-refractivity contribution >= 4 is 29.1 Å². The molecule has 8 heteroatoms. The molecule has 0 bridgehead atoms. The molecule has 1 aromatic rings. The second-order valence-corrected chi connectivity index (χ2v) is 5.88. The molecular weight excluding hydrogens is 334 g/mol. The van der Waals surface area contributed by atoms with E-state index in [1.165, 1.54) is 7.11 Å². The highest BCUT2D eigenvalue weighted by molar-refractivity contribution is 6.31. The molecule has 1 unspecified atom stereocenters. The molecule has 7 nitrogen and oxygen atoms in total. The predicted octanol–water partition coefficient (Wildman–Crippen LogP) is 1.09. The van der Waals surface area contributed by atoms with Crippen molar-refractivity contribution in [1.29, 1.82) is 0 Å². The van der Waals surface area contributed by atoms with Gasteiger partial charge in [0, 0.05) is 30.6 Å². The molecule has 0 aromatic heterocycles. The fourth-order valence-electron chi connectivity index (χ4n) is 2.30. The van der Waals surface area contributed by atoms with E-state index in [1.54, 1.807) is 12.1 Å². The molecule has 1 aromatic carbocycles. The van der Waals surface area contributed by atoms with Crippen LogP contribution < -0.4 is 20.7 Å². The summed E-state index contributed by atoms with van der Waals surface area (Å²) in [6.07, 6.45) is 0.157. The van der Waals surface area contributed by atoms with Gasteiger partial charge in [-0.1, -0.05) is 11.6 Å². The van der Waals surface area contributed by atoms with Crippen molar-refractivity contribution in [2.45, 2.75) is 19.4 Å². The Kier molecular flexibility index (Phi) is 6.84. The van der Waals surface area contributed by atoms with Gasteiger partial charge in [0.15, 0.2) is 0 Å². The van der Waals surface area contributed by atoms with Crippen molar-refractivity contribution < 1.29 is 19.1 Å². The zero-order chi connectivity index (χ0) is 17.5. The zero-order valence-electron chi connectivity index (χ0n) is 13.8. The van der Waals surface area contributed by atoms with Crippen molar-refractivity contribution in [3.63, 3.8) is 0 Å². The molecule has 1 heterocycles. The topological polar surface area (TPSA) is 88.7 Å². The number of morpholine rings is 1. The molecule has 2 rings (SSSR count). The SMILES string of the molecule is COc1cc(Cl)c(C)cc1NC(=O)CCNC(=O)C1COCCN1. The summed E-state index contributed by atoms with van der Waals surface area (Å²) in [6, 6.07) is 3.05. The van der Waals surface area contributed by atoms with E-state index in [0.717, 1.165) is 5.56 Å². The normalized spacial score (nSPS) is 17.2. The van der Waals surface area contributed by atoms with E-state index >= 15 is 0 Å². The Labute approximate surface area is 146 Å². The first-order chi connectivity index (χ1) is 11.5. The van der Waals surface area contributed by atoms with Crippen molar-refractivity contribution in [1.82, 2.24) is 10.6 Å². The van der Waals surface area contributed by atoms with E-state index in [0.29, 0.717) is 36.2 Å². The van der Waals surface area contributed by atoms with Crippen molar-refractivity contribution in [3.8, 4) is 5.75 Å². The molecule has 1 aliphatic rings. The Morgan fingerprint density at radius 1 is 1.46 bits per heavy atom. The molecule has 24 heavy (non-hydrogen) atoms. The Morgan fingerprint density at radius 2 is 2.25 bits per heavy atom. The van der Waals surface area contributed by atoms with E-state index in [9.17, 15) is 9.59 Å². The monoisotopic (exact) mass is 355 g/mol. The van der Waals surface area contributed by atoms with Crippen LogP contribution in [-0.4, -0.2) is 51.3 Å². The van der Waals surface area contributed by atoms with Crippen LogP contribution >= 0.6 is 11.6 Å². The molecule has 0 saturated carbocycles. The number of methoxy groups -OCH3 is 1. The maximum absolute atomic E-state index is 12.0. The largest absolute Gasteiger partial charge is 0.495 e. The minimum absolute atomic E-state index is 0.157. The Balaban J connectivity index is 1.81. The van der Waals surface area contributed by atoms with Crippen molar-refractivity contribution in [3.05, 3.63) is 22.7 Å². The number of carbonyl (C=O) groups is 2. The first-order valence-electron chi connectivity index (χ1n) is 7.74. The number of halogens is 1. The first kappa shape index (κ1) is 18.5. The van der Waals surface area contributed by atoms with Crippen LogP contribution in [0.25, 0.3) is 0 Å². The van der Waals surface area contributed by atoms with E-state index in [4.69, 9.17) is 21.1 Å². The second-order valence-electron chi connectivity index (χ2n) is 5.47. The Hall–Kier alpha value is -1.83. The van der Waals surface area contributed by atoms with Crippen LogP contribution in [0.3, 0.4) is 0 Å². The lowest BCUT2D eigenvalue weighted by atomic mass is 10.2. The van der Waals surface area contributed by atoms with E-state index in [2.05, 4.69) is 16.0 Å². The highest BCUT2D eigenvalue weighted by Gasteiger charge is 2.20. The number of aryl methyl sites for hydroxylation is 1. The van der Waals surface area contributed by atoms with Gasteiger partial charge in [-0.25, -0.2) is 0 Å². The summed E-state index contributed by atoms with van der Waals surface area (Å²) in [6.45, 7) is 3.69. The lowest BCUT2D eigenvalue weighted by molar-refractivity contribution is -0.126. The maximum atomic E-state index is 12.0. The van der Waals surface area contributed by atoms with Gasteiger partial charge in [0.05, 0.1) is 26.0 Å². The van der Waals surface area contributed by atoms with Crippen LogP contribution in [0.4, 0.5) is 5.69 Å². The Morgan fingerprint density at radius 3 is 2.92 bits per heavy atom. The second kappa shape index (κ2) is 8.86. The molecule has 1 saturated heterocycles. The molecule has 1 fully saturated rings. The number of ether oxygens (including phenoxy) is 2. The van der Waals surface area contributed by atoms with Gasteiger partial charge >= 0.3 is 0 Å². The van der Waals surface area contributed by atoms with Crippen molar-refractivity contribution in [2.75, 3.05) is 38.7 Å². The summed E-state index contributed by atoms with van der Waals surface area (Å²) in [4.78, 5) is 23.9. The van der Waals surface area contributed by atoms with Gasteiger partial charge in [0.25, 0.3) is 0 Å². The standard InChI is InChI=1S/C16H22ClN3O4/c1-10-7-12(14(23-2)8-11(10)17)20-15(21)3-4-19-16(22)13-9-24-6-5-18-13/h7-8,13,18H,3-6,9H2,1-2H3,(H,19,22)(H,20,21). The summed E-state index contributed by atoms with van der Waals surface area (Å²) >= 11 is 6.04. The van der Waals surface area contributed by atoms with Crippen molar-refractivity contribution in [2.24, 2.45) is 0 Å². The highest BCUT2D eigenvalue weighted by Crippen LogP contribution is 2.30. The van der Waals surface area contributed by atoms with E-state index in [1.807, 2.05) is 6.92 Å². The molecule has 0 aliphatic carbocycles. The smallest absolute Gasteiger partial charge is 0.239 e. The fourth-order valence-corrected chi connectivity index (χ4v) is 2.45. The predicted molar refractivity (Wildman–Crippen MR) is 91.6 cm³/mol. The van der Waals surface area contributed by atoms with Crippen LogP contribution in [0.2, 0.25) is 5.02 Å².